The van der Waals surface area contributed by atoms with Crippen molar-refractivity contribution in [3.8, 4) is 0 Å². The first-order chi connectivity index (χ1) is 5.81. The van der Waals surface area contributed by atoms with Gasteiger partial charge in [-0.1, -0.05) is 6.92 Å². The van der Waals surface area contributed by atoms with Crippen LogP contribution in [0.1, 0.15) is 26.2 Å². The molecule has 70 valence electrons. The van der Waals surface area contributed by atoms with Crippen LogP contribution in [0.4, 0.5) is 0 Å². The van der Waals surface area contributed by atoms with Gasteiger partial charge in [0.2, 0.25) is 0 Å². The molecule has 3 unspecified atom stereocenters. The molecule has 0 bridgehead atoms. The molecule has 1 aliphatic heterocycles. The van der Waals surface area contributed by atoms with Crippen molar-refractivity contribution in [2.24, 2.45) is 17.6 Å². The van der Waals surface area contributed by atoms with Gasteiger partial charge in [0.05, 0.1) is 0 Å². The summed E-state index contributed by atoms with van der Waals surface area (Å²) < 4.78 is 0. The van der Waals surface area contributed by atoms with Gasteiger partial charge in [-0.3, -0.25) is 4.90 Å². The van der Waals surface area contributed by atoms with Crippen molar-refractivity contribution in [1.29, 1.82) is 0 Å². The molecule has 2 fully saturated rings. The number of hydrogen-bond donors (Lipinski definition) is 1. The molecule has 2 rings (SSSR count). The average molecular weight is 168 g/mol. The molecule has 1 saturated heterocycles. The zero-order valence-corrected chi connectivity index (χ0v) is 8.00. The first-order valence-corrected chi connectivity index (χ1v) is 5.25. The highest BCUT2D eigenvalue weighted by atomic mass is 15.2. The minimum atomic E-state index is 0.790. The molecule has 0 amide bonds. The minimum Gasteiger partial charge on any atom is -0.330 e. The van der Waals surface area contributed by atoms with Crippen LogP contribution in [0.2, 0.25) is 0 Å². The van der Waals surface area contributed by atoms with Gasteiger partial charge in [-0.15, -0.1) is 0 Å². The smallest absolute Gasteiger partial charge is 0.0121 e. The van der Waals surface area contributed by atoms with Gasteiger partial charge in [-0.05, 0) is 44.2 Å². The van der Waals surface area contributed by atoms with E-state index < -0.39 is 0 Å². The molecule has 2 nitrogen and oxygen atoms in total. The van der Waals surface area contributed by atoms with E-state index in [1.807, 2.05) is 0 Å². The number of nitrogens with zero attached hydrogens (tertiary/aromatic N) is 1. The van der Waals surface area contributed by atoms with Crippen molar-refractivity contribution in [2.75, 3.05) is 19.6 Å². The molecular weight excluding hydrogens is 148 g/mol. The summed E-state index contributed by atoms with van der Waals surface area (Å²) in [5.74, 6) is 1.74. The van der Waals surface area contributed by atoms with Crippen molar-refractivity contribution in [3.05, 3.63) is 0 Å². The number of likely N-dealkylation sites (tertiary alicyclic amines) is 1. The monoisotopic (exact) mass is 168 g/mol. The van der Waals surface area contributed by atoms with Crippen LogP contribution in [-0.4, -0.2) is 30.6 Å². The summed E-state index contributed by atoms with van der Waals surface area (Å²) in [6.07, 6.45) is 4.20. The number of hydrogen-bond acceptors (Lipinski definition) is 2. The second-order valence-corrected chi connectivity index (χ2v) is 4.51. The van der Waals surface area contributed by atoms with Crippen molar-refractivity contribution >= 4 is 0 Å². The zero-order valence-electron chi connectivity index (χ0n) is 8.00. The van der Waals surface area contributed by atoms with Crippen molar-refractivity contribution in [3.63, 3.8) is 0 Å². The lowest BCUT2D eigenvalue weighted by Crippen LogP contribution is -2.44. The average Bonchev–Trinajstić information content (AvgIpc) is 2.50. The Morgan fingerprint density at radius 2 is 2.17 bits per heavy atom. The van der Waals surface area contributed by atoms with Crippen molar-refractivity contribution in [2.45, 2.75) is 32.2 Å². The second-order valence-electron chi connectivity index (χ2n) is 4.51. The number of nitrogens with two attached hydrogens (primary N) is 1. The summed E-state index contributed by atoms with van der Waals surface area (Å²) in [5, 5.41) is 0. The van der Waals surface area contributed by atoms with Gasteiger partial charge >= 0.3 is 0 Å². The van der Waals surface area contributed by atoms with E-state index in [0.717, 1.165) is 24.4 Å². The largest absolute Gasteiger partial charge is 0.330 e. The normalized spacial score (nSPS) is 43.0. The third-order valence-electron chi connectivity index (χ3n) is 3.69. The van der Waals surface area contributed by atoms with Gasteiger partial charge in [0.25, 0.3) is 0 Å². The van der Waals surface area contributed by atoms with Gasteiger partial charge in [-0.2, -0.15) is 0 Å². The molecule has 0 aromatic heterocycles. The lowest BCUT2D eigenvalue weighted by atomic mass is 9.80. The van der Waals surface area contributed by atoms with Gasteiger partial charge in [0.1, 0.15) is 0 Å². The topological polar surface area (TPSA) is 29.3 Å². The fourth-order valence-electron chi connectivity index (χ4n) is 2.55. The van der Waals surface area contributed by atoms with Crippen LogP contribution in [0, 0.1) is 11.8 Å². The number of rotatable bonds is 2. The van der Waals surface area contributed by atoms with Crippen molar-refractivity contribution < 1.29 is 0 Å². The summed E-state index contributed by atoms with van der Waals surface area (Å²) in [6.45, 7) is 5.84. The molecule has 0 radical (unpaired) electrons. The molecule has 0 aromatic carbocycles. The minimum absolute atomic E-state index is 0.790. The van der Waals surface area contributed by atoms with E-state index in [-0.39, 0.29) is 0 Å². The summed E-state index contributed by atoms with van der Waals surface area (Å²) in [6, 6.07) is 0.904. The highest BCUT2D eigenvalue weighted by Gasteiger charge is 2.35. The van der Waals surface area contributed by atoms with Gasteiger partial charge < -0.3 is 5.73 Å². The molecular formula is C10H20N2. The Labute approximate surface area is 75.1 Å². The molecule has 2 aliphatic rings. The van der Waals surface area contributed by atoms with Gasteiger partial charge in [0, 0.05) is 12.6 Å². The predicted molar refractivity (Wildman–Crippen MR) is 50.9 cm³/mol. The Balaban J connectivity index is 1.82. The van der Waals surface area contributed by atoms with Crippen LogP contribution in [0.25, 0.3) is 0 Å². The second kappa shape index (κ2) is 3.35. The maximum atomic E-state index is 5.66. The van der Waals surface area contributed by atoms with Crippen LogP contribution in [0.5, 0.6) is 0 Å². The lowest BCUT2D eigenvalue weighted by molar-refractivity contribution is 0.0913. The molecule has 1 saturated carbocycles. The fourth-order valence-corrected chi connectivity index (χ4v) is 2.55. The summed E-state index contributed by atoms with van der Waals surface area (Å²) in [5.41, 5.74) is 5.66. The van der Waals surface area contributed by atoms with Crippen LogP contribution in [0.15, 0.2) is 0 Å². The quantitative estimate of drug-likeness (QED) is 0.668. The molecule has 0 spiro atoms. The Hall–Kier alpha value is -0.0800. The van der Waals surface area contributed by atoms with Gasteiger partial charge in [0.15, 0.2) is 0 Å². The predicted octanol–water partition coefficient (Wildman–Crippen LogP) is 1.07. The fraction of sp³-hybridized carbons (Fsp3) is 1.00. The van der Waals surface area contributed by atoms with Gasteiger partial charge in [-0.25, -0.2) is 0 Å². The highest BCUT2D eigenvalue weighted by molar-refractivity contribution is 4.90. The first-order valence-electron chi connectivity index (χ1n) is 5.25. The summed E-state index contributed by atoms with van der Waals surface area (Å²) in [7, 11) is 0. The standard InChI is InChI=1S/C10H20N2/c1-8-2-3-10(8)12-5-4-9(6-11)7-12/h8-10H,2-7,11H2,1H3. The van der Waals surface area contributed by atoms with E-state index in [2.05, 4.69) is 11.8 Å². The molecule has 1 heterocycles. The maximum absolute atomic E-state index is 5.66. The van der Waals surface area contributed by atoms with E-state index in [4.69, 9.17) is 5.73 Å². The Kier molecular flexibility index (Phi) is 2.37. The van der Waals surface area contributed by atoms with Crippen LogP contribution < -0.4 is 5.73 Å². The first kappa shape index (κ1) is 8.52. The highest BCUT2D eigenvalue weighted by Crippen LogP contribution is 2.34. The molecule has 2 N–H and O–H groups in total. The zero-order chi connectivity index (χ0) is 8.55. The molecule has 0 aromatic rings. The Morgan fingerprint density at radius 1 is 1.33 bits per heavy atom. The van der Waals surface area contributed by atoms with Crippen LogP contribution in [-0.2, 0) is 0 Å². The molecule has 3 atom stereocenters. The van der Waals surface area contributed by atoms with E-state index in [9.17, 15) is 0 Å². The SMILES string of the molecule is CC1CCC1N1CCC(CN)C1. The molecule has 2 heteroatoms. The Morgan fingerprint density at radius 3 is 2.58 bits per heavy atom. The van der Waals surface area contributed by atoms with Crippen LogP contribution >= 0.6 is 0 Å². The molecule has 1 aliphatic carbocycles. The third-order valence-corrected chi connectivity index (χ3v) is 3.69. The van der Waals surface area contributed by atoms with E-state index >= 15 is 0 Å². The van der Waals surface area contributed by atoms with E-state index in [1.165, 1.54) is 32.4 Å². The Bertz CT molecular complexity index is 158. The summed E-state index contributed by atoms with van der Waals surface area (Å²) >= 11 is 0. The third kappa shape index (κ3) is 1.38. The van der Waals surface area contributed by atoms with E-state index in [1.54, 1.807) is 0 Å². The molecule has 12 heavy (non-hydrogen) atoms. The maximum Gasteiger partial charge on any atom is 0.0121 e. The van der Waals surface area contributed by atoms with E-state index in [0.29, 0.717) is 0 Å². The summed E-state index contributed by atoms with van der Waals surface area (Å²) in [4.78, 5) is 2.66. The van der Waals surface area contributed by atoms with Crippen molar-refractivity contribution in [1.82, 2.24) is 4.90 Å². The lowest BCUT2D eigenvalue weighted by Gasteiger charge is -2.41. The van der Waals surface area contributed by atoms with Crippen LogP contribution in [0.3, 0.4) is 0 Å².